The number of ether oxygens (including phenoxy) is 1. The molecule has 1 aromatic rings. The van der Waals surface area contributed by atoms with Gasteiger partial charge in [-0.15, -0.1) is 0 Å². The molecule has 20 heavy (non-hydrogen) atoms. The van der Waals surface area contributed by atoms with Crippen LogP contribution in [0.5, 0.6) is 0 Å². The van der Waals surface area contributed by atoms with E-state index in [0.29, 0.717) is 25.6 Å². The number of ketones is 1. The summed E-state index contributed by atoms with van der Waals surface area (Å²) in [7, 11) is 1.86. The molecule has 1 unspecified atom stereocenters. The molecule has 0 amide bonds. The molecule has 0 saturated carbocycles. The van der Waals surface area contributed by atoms with E-state index in [1.165, 1.54) is 0 Å². The monoisotopic (exact) mass is 343 g/mol. The van der Waals surface area contributed by atoms with Crippen LogP contribution in [0.1, 0.15) is 25.2 Å². The summed E-state index contributed by atoms with van der Waals surface area (Å²) in [5, 5.41) is 4.32. The first-order valence-corrected chi connectivity index (χ1v) is 7.75. The Hall–Kier alpha value is -0.720. The SMILES string of the molecule is Cc1nn(C)c(CC(=O)C2CN(C(C)C)CCO2)c1Br. The number of hydrogen-bond acceptors (Lipinski definition) is 4. The summed E-state index contributed by atoms with van der Waals surface area (Å²) in [5.74, 6) is 0.124. The van der Waals surface area contributed by atoms with Gasteiger partial charge < -0.3 is 4.74 Å². The van der Waals surface area contributed by atoms with Crippen molar-refractivity contribution >= 4 is 21.7 Å². The average molecular weight is 344 g/mol. The topological polar surface area (TPSA) is 47.4 Å². The summed E-state index contributed by atoms with van der Waals surface area (Å²) in [6.45, 7) is 8.43. The summed E-state index contributed by atoms with van der Waals surface area (Å²) < 4.78 is 8.33. The van der Waals surface area contributed by atoms with Gasteiger partial charge in [0.2, 0.25) is 0 Å². The van der Waals surface area contributed by atoms with Crippen LogP contribution < -0.4 is 0 Å². The Morgan fingerprint density at radius 2 is 2.25 bits per heavy atom. The Bertz CT molecular complexity index is 499. The van der Waals surface area contributed by atoms with Crippen molar-refractivity contribution in [3.63, 3.8) is 0 Å². The first-order chi connectivity index (χ1) is 9.40. The van der Waals surface area contributed by atoms with E-state index < -0.39 is 0 Å². The quantitative estimate of drug-likeness (QED) is 0.834. The van der Waals surface area contributed by atoms with Gasteiger partial charge in [-0.3, -0.25) is 14.4 Å². The van der Waals surface area contributed by atoms with Gasteiger partial charge in [0, 0.05) is 26.2 Å². The first-order valence-electron chi connectivity index (χ1n) is 6.96. The van der Waals surface area contributed by atoms with E-state index in [2.05, 4.69) is 39.8 Å². The fourth-order valence-corrected chi connectivity index (χ4v) is 2.96. The van der Waals surface area contributed by atoms with Crippen molar-refractivity contribution < 1.29 is 9.53 Å². The highest BCUT2D eigenvalue weighted by atomic mass is 79.9. The van der Waals surface area contributed by atoms with Crippen LogP contribution in [-0.2, 0) is 23.0 Å². The number of nitrogens with zero attached hydrogens (tertiary/aromatic N) is 3. The highest BCUT2D eigenvalue weighted by Gasteiger charge is 2.29. The third kappa shape index (κ3) is 3.30. The second-order valence-electron chi connectivity index (χ2n) is 5.56. The highest BCUT2D eigenvalue weighted by Crippen LogP contribution is 2.22. The van der Waals surface area contributed by atoms with Gasteiger partial charge in [0.25, 0.3) is 0 Å². The standard InChI is InChI=1S/C14H22BrN3O2/c1-9(2)18-5-6-20-13(8-18)12(19)7-11-14(15)10(3)16-17(11)4/h9,13H,5-8H2,1-4H3. The second kappa shape index (κ2) is 6.37. The fraction of sp³-hybridized carbons (Fsp3) is 0.714. The molecule has 0 aromatic carbocycles. The molecule has 2 rings (SSSR count). The van der Waals surface area contributed by atoms with E-state index in [9.17, 15) is 4.79 Å². The predicted molar refractivity (Wildman–Crippen MR) is 80.8 cm³/mol. The molecule has 0 radical (unpaired) electrons. The van der Waals surface area contributed by atoms with Gasteiger partial charge in [0.1, 0.15) is 6.10 Å². The van der Waals surface area contributed by atoms with Crippen molar-refractivity contribution in [3.05, 3.63) is 15.9 Å². The van der Waals surface area contributed by atoms with E-state index in [-0.39, 0.29) is 11.9 Å². The molecule has 0 spiro atoms. The lowest BCUT2D eigenvalue weighted by Crippen LogP contribution is -2.49. The minimum atomic E-state index is -0.326. The number of Topliss-reactive ketones (excluding diaryl/α,β-unsaturated/α-hetero) is 1. The predicted octanol–water partition coefficient (Wildman–Crippen LogP) is 1.71. The molecular formula is C14H22BrN3O2. The highest BCUT2D eigenvalue weighted by molar-refractivity contribution is 9.10. The summed E-state index contributed by atoms with van der Waals surface area (Å²) in [6, 6.07) is 0.444. The molecule has 1 aromatic heterocycles. The van der Waals surface area contributed by atoms with Crippen LogP contribution in [0.3, 0.4) is 0 Å². The zero-order valence-corrected chi connectivity index (χ0v) is 14.1. The van der Waals surface area contributed by atoms with Gasteiger partial charge >= 0.3 is 0 Å². The van der Waals surface area contributed by atoms with E-state index in [4.69, 9.17) is 4.74 Å². The normalized spacial score (nSPS) is 20.6. The number of morpholine rings is 1. The maximum atomic E-state index is 12.4. The van der Waals surface area contributed by atoms with Crippen molar-refractivity contribution in [2.45, 2.75) is 39.3 Å². The molecule has 5 nitrogen and oxygen atoms in total. The van der Waals surface area contributed by atoms with E-state index in [1.54, 1.807) is 4.68 Å². The fourth-order valence-electron chi connectivity index (χ4n) is 2.48. The Morgan fingerprint density at radius 3 is 2.80 bits per heavy atom. The van der Waals surface area contributed by atoms with Gasteiger partial charge in [-0.1, -0.05) is 0 Å². The van der Waals surface area contributed by atoms with Crippen molar-refractivity contribution in [2.24, 2.45) is 7.05 Å². The minimum Gasteiger partial charge on any atom is -0.368 e. The van der Waals surface area contributed by atoms with Gasteiger partial charge in [0.05, 0.1) is 28.9 Å². The summed E-state index contributed by atoms with van der Waals surface area (Å²) in [6.07, 6.45) is 0.0300. The van der Waals surface area contributed by atoms with Crippen molar-refractivity contribution in [3.8, 4) is 0 Å². The van der Waals surface area contributed by atoms with Gasteiger partial charge in [-0.05, 0) is 36.7 Å². The molecule has 0 N–H and O–H groups in total. The Balaban J connectivity index is 2.04. The van der Waals surface area contributed by atoms with Crippen LogP contribution >= 0.6 is 15.9 Å². The lowest BCUT2D eigenvalue weighted by Gasteiger charge is -2.34. The van der Waals surface area contributed by atoms with Crippen LogP contribution in [0.2, 0.25) is 0 Å². The number of rotatable bonds is 4. The van der Waals surface area contributed by atoms with Gasteiger partial charge in [-0.2, -0.15) is 5.10 Å². The summed E-state index contributed by atoms with van der Waals surface area (Å²) in [4.78, 5) is 14.7. The number of aryl methyl sites for hydroxylation is 2. The third-order valence-corrected chi connectivity index (χ3v) is 4.82. The zero-order valence-electron chi connectivity index (χ0n) is 12.5. The third-order valence-electron chi connectivity index (χ3n) is 3.79. The molecule has 0 bridgehead atoms. The zero-order chi connectivity index (χ0) is 14.9. The van der Waals surface area contributed by atoms with Crippen LogP contribution in [0.15, 0.2) is 4.47 Å². The van der Waals surface area contributed by atoms with Crippen molar-refractivity contribution in [1.82, 2.24) is 14.7 Å². The van der Waals surface area contributed by atoms with Crippen LogP contribution in [0.25, 0.3) is 0 Å². The first kappa shape index (κ1) is 15.7. The molecule has 1 atom stereocenters. The molecule has 1 saturated heterocycles. The number of aromatic nitrogens is 2. The maximum absolute atomic E-state index is 12.4. The molecule has 6 heteroatoms. The van der Waals surface area contributed by atoms with Crippen molar-refractivity contribution in [2.75, 3.05) is 19.7 Å². The Labute approximate surface area is 128 Å². The van der Waals surface area contributed by atoms with Crippen LogP contribution in [0, 0.1) is 6.92 Å². The number of halogens is 1. The average Bonchev–Trinajstić information content (AvgIpc) is 2.65. The molecule has 1 fully saturated rings. The van der Waals surface area contributed by atoms with E-state index in [1.807, 2.05) is 14.0 Å². The Kier molecular flexibility index (Phi) is 4.99. The molecular weight excluding hydrogens is 322 g/mol. The lowest BCUT2D eigenvalue weighted by molar-refractivity contribution is -0.136. The molecule has 1 aliphatic rings. The maximum Gasteiger partial charge on any atom is 0.168 e. The lowest BCUT2D eigenvalue weighted by atomic mass is 10.1. The van der Waals surface area contributed by atoms with Crippen LogP contribution in [-0.4, -0.2) is 52.3 Å². The van der Waals surface area contributed by atoms with E-state index >= 15 is 0 Å². The minimum absolute atomic E-state index is 0.124. The van der Waals surface area contributed by atoms with Gasteiger partial charge in [-0.25, -0.2) is 0 Å². The smallest absolute Gasteiger partial charge is 0.168 e. The largest absolute Gasteiger partial charge is 0.368 e. The number of carbonyl (C=O) groups excluding carboxylic acids is 1. The summed E-state index contributed by atoms with van der Waals surface area (Å²) >= 11 is 3.50. The molecule has 112 valence electrons. The summed E-state index contributed by atoms with van der Waals surface area (Å²) in [5.41, 5.74) is 1.82. The number of hydrogen-bond donors (Lipinski definition) is 0. The number of carbonyl (C=O) groups is 1. The molecule has 1 aliphatic heterocycles. The second-order valence-corrected chi connectivity index (χ2v) is 6.35. The molecule has 0 aliphatic carbocycles. The van der Waals surface area contributed by atoms with Gasteiger partial charge in [0.15, 0.2) is 5.78 Å². The van der Waals surface area contributed by atoms with E-state index in [0.717, 1.165) is 22.4 Å². The Morgan fingerprint density at radius 1 is 1.55 bits per heavy atom. The molecule has 2 heterocycles. The van der Waals surface area contributed by atoms with Crippen LogP contribution in [0.4, 0.5) is 0 Å². The van der Waals surface area contributed by atoms with Crippen molar-refractivity contribution in [1.29, 1.82) is 0 Å².